The molecule has 2 aliphatic heterocycles. The molecule has 0 aliphatic carbocycles. The number of rotatable bonds is 7. The van der Waals surface area contributed by atoms with Gasteiger partial charge in [-0.25, -0.2) is 4.98 Å². The van der Waals surface area contributed by atoms with Gasteiger partial charge < -0.3 is 24.0 Å². The molecular formula is C25H34ClN5O3. The fraction of sp³-hybridized carbons (Fsp3) is 0.560. The maximum atomic E-state index is 13.2. The van der Waals surface area contributed by atoms with E-state index in [1.54, 1.807) is 18.3 Å². The van der Waals surface area contributed by atoms with Crippen LogP contribution in [-0.2, 0) is 22.6 Å². The molecule has 2 fully saturated rings. The van der Waals surface area contributed by atoms with Crippen molar-refractivity contribution in [2.24, 2.45) is 5.92 Å². The van der Waals surface area contributed by atoms with E-state index in [2.05, 4.69) is 16.9 Å². The van der Waals surface area contributed by atoms with E-state index >= 15 is 0 Å². The van der Waals surface area contributed by atoms with Crippen molar-refractivity contribution in [2.75, 3.05) is 46.3 Å². The third-order valence-electron chi connectivity index (χ3n) is 6.83. The Morgan fingerprint density at radius 2 is 1.79 bits per heavy atom. The normalized spacial score (nSPS) is 21.5. The van der Waals surface area contributed by atoms with Crippen molar-refractivity contribution in [3.8, 4) is 5.75 Å². The molecule has 0 N–H and O–H groups in total. The molecule has 0 radical (unpaired) electrons. The van der Waals surface area contributed by atoms with Crippen LogP contribution in [0.3, 0.4) is 0 Å². The van der Waals surface area contributed by atoms with Crippen LogP contribution < -0.4 is 4.74 Å². The molecular weight excluding hydrogens is 454 g/mol. The van der Waals surface area contributed by atoms with Gasteiger partial charge in [0.25, 0.3) is 0 Å². The molecule has 2 atom stereocenters. The second-order valence-electron chi connectivity index (χ2n) is 9.21. The van der Waals surface area contributed by atoms with Crippen molar-refractivity contribution in [3.63, 3.8) is 0 Å². The van der Waals surface area contributed by atoms with Gasteiger partial charge in [-0.1, -0.05) is 18.5 Å². The molecule has 0 unspecified atom stereocenters. The smallest absolute Gasteiger partial charge is 0.242 e. The number of hydrogen-bond acceptors (Lipinski definition) is 5. The van der Waals surface area contributed by atoms with Crippen LogP contribution in [0.4, 0.5) is 0 Å². The number of likely N-dealkylation sites (tertiary alicyclic amines) is 1. The van der Waals surface area contributed by atoms with Crippen molar-refractivity contribution >= 4 is 23.4 Å². The number of imidazole rings is 1. The van der Waals surface area contributed by atoms with Crippen molar-refractivity contribution in [3.05, 3.63) is 47.5 Å². The predicted octanol–water partition coefficient (Wildman–Crippen LogP) is 2.56. The van der Waals surface area contributed by atoms with Gasteiger partial charge in [0.2, 0.25) is 11.8 Å². The first-order valence-corrected chi connectivity index (χ1v) is 12.5. The van der Waals surface area contributed by atoms with Gasteiger partial charge in [-0.2, -0.15) is 0 Å². The van der Waals surface area contributed by atoms with E-state index in [1.807, 2.05) is 39.6 Å². The summed E-state index contributed by atoms with van der Waals surface area (Å²) < 4.78 is 8.21. The van der Waals surface area contributed by atoms with E-state index in [4.69, 9.17) is 16.3 Å². The second-order valence-corrected chi connectivity index (χ2v) is 9.65. The number of aryl methyl sites for hydroxylation is 1. The highest BCUT2D eigenvalue weighted by Crippen LogP contribution is 2.27. The molecule has 2 saturated heterocycles. The minimum Gasteiger partial charge on any atom is -0.490 e. The number of amides is 2. The van der Waals surface area contributed by atoms with Crippen LogP contribution in [0.2, 0.25) is 5.02 Å². The number of benzene rings is 1. The number of carbonyl (C=O) groups excluding carboxylic acids is 2. The highest BCUT2D eigenvalue weighted by molar-refractivity contribution is 6.30. The number of aromatic nitrogens is 2. The minimum absolute atomic E-state index is 0.0506. The molecule has 2 amide bonds. The SMILES string of the molecule is CCc1nccn1CC(=O)N1CC[C@H](Oc2ccc(Cl)cc2)[C@@H](CC(=O)N2CCN(C)CC2)C1. The maximum Gasteiger partial charge on any atom is 0.242 e. The lowest BCUT2D eigenvalue weighted by atomic mass is 9.90. The van der Waals surface area contributed by atoms with E-state index in [1.165, 1.54) is 0 Å². The number of nitrogens with zero attached hydrogens (tertiary/aromatic N) is 5. The fourth-order valence-electron chi connectivity index (χ4n) is 4.73. The van der Waals surface area contributed by atoms with Gasteiger partial charge in [0.15, 0.2) is 0 Å². The van der Waals surface area contributed by atoms with Gasteiger partial charge in [-0.15, -0.1) is 0 Å². The van der Waals surface area contributed by atoms with Crippen LogP contribution in [0.5, 0.6) is 5.75 Å². The van der Waals surface area contributed by atoms with Gasteiger partial charge in [0.1, 0.15) is 24.2 Å². The van der Waals surface area contributed by atoms with Gasteiger partial charge in [0, 0.05) is 81.9 Å². The predicted molar refractivity (Wildman–Crippen MR) is 131 cm³/mol. The highest BCUT2D eigenvalue weighted by Gasteiger charge is 2.35. The Balaban J connectivity index is 1.44. The Kier molecular flexibility index (Phi) is 8.11. The van der Waals surface area contributed by atoms with Gasteiger partial charge in [-0.05, 0) is 31.3 Å². The molecule has 9 heteroatoms. The Labute approximate surface area is 206 Å². The summed E-state index contributed by atoms with van der Waals surface area (Å²) in [5, 5.41) is 0.653. The standard InChI is InChI=1S/C25H34ClN5O3/c1-3-23-27-9-11-30(23)18-25(33)31-10-8-22(34-21-6-4-20(26)5-7-21)19(17-31)16-24(32)29-14-12-28(2)13-15-29/h4-7,9,11,19,22H,3,8,10,12-18H2,1-2H3/t19-,22-/m0/s1. The summed E-state index contributed by atoms with van der Waals surface area (Å²) in [6.45, 7) is 6.67. The summed E-state index contributed by atoms with van der Waals surface area (Å²) >= 11 is 6.02. The summed E-state index contributed by atoms with van der Waals surface area (Å²) in [7, 11) is 2.08. The number of halogens is 1. The zero-order valence-corrected chi connectivity index (χ0v) is 20.8. The molecule has 2 aliphatic rings. The summed E-state index contributed by atoms with van der Waals surface area (Å²) in [5.74, 6) is 1.75. The Morgan fingerprint density at radius 3 is 2.50 bits per heavy atom. The van der Waals surface area contributed by atoms with E-state index in [0.717, 1.165) is 44.2 Å². The van der Waals surface area contributed by atoms with E-state index in [0.29, 0.717) is 31.0 Å². The Hall–Kier alpha value is -2.58. The lowest BCUT2D eigenvalue weighted by Gasteiger charge is -2.40. The van der Waals surface area contributed by atoms with Crippen molar-refractivity contribution in [1.82, 2.24) is 24.3 Å². The first kappa shape index (κ1) is 24.5. The largest absolute Gasteiger partial charge is 0.490 e. The van der Waals surface area contributed by atoms with E-state index in [9.17, 15) is 9.59 Å². The number of likely N-dealkylation sites (N-methyl/N-ethyl adjacent to an activating group) is 1. The zero-order valence-electron chi connectivity index (χ0n) is 20.0. The summed E-state index contributed by atoms with van der Waals surface area (Å²) in [6.07, 6.45) is 5.27. The van der Waals surface area contributed by atoms with Crippen molar-refractivity contribution in [2.45, 2.75) is 38.8 Å². The Bertz CT molecular complexity index is 971. The van der Waals surface area contributed by atoms with Crippen molar-refractivity contribution in [1.29, 1.82) is 0 Å². The summed E-state index contributed by atoms with van der Waals surface area (Å²) in [6, 6.07) is 7.31. The van der Waals surface area contributed by atoms with Gasteiger partial charge in [0.05, 0.1) is 0 Å². The van der Waals surface area contributed by atoms with Gasteiger partial charge in [-0.3, -0.25) is 9.59 Å². The maximum absolute atomic E-state index is 13.2. The number of piperazine rings is 1. The van der Waals surface area contributed by atoms with Gasteiger partial charge >= 0.3 is 0 Å². The van der Waals surface area contributed by atoms with Crippen LogP contribution in [0.1, 0.15) is 25.6 Å². The van der Waals surface area contributed by atoms with Crippen LogP contribution in [-0.4, -0.2) is 88.5 Å². The van der Waals surface area contributed by atoms with Crippen LogP contribution in [0.15, 0.2) is 36.7 Å². The molecule has 8 nitrogen and oxygen atoms in total. The molecule has 1 aromatic heterocycles. The Morgan fingerprint density at radius 1 is 1.06 bits per heavy atom. The fourth-order valence-corrected chi connectivity index (χ4v) is 4.86. The third kappa shape index (κ3) is 6.10. The molecule has 34 heavy (non-hydrogen) atoms. The average molecular weight is 488 g/mol. The van der Waals surface area contributed by atoms with Crippen LogP contribution >= 0.6 is 11.6 Å². The number of piperidine rings is 1. The first-order valence-electron chi connectivity index (χ1n) is 12.1. The third-order valence-corrected chi connectivity index (χ3v) is 7.09. The molecule has 4 rings (SSSR count). The quantitative estimate of drug-likeness (QED) is 0.600. The van der Waals surface area contributed by atoms with Crippen LogP contribution in [0.25, 0.3) is 0 Å². The lowest BCUT2D eigenvalue weighted by Crippen LogP contribution is -2.52. The monoisotopic (exact) mass is 487 g/mol. The molecule has 0 saturated carbocycles. The topological polar surface area (TPSA) is 70.9 Å². The molecule has 0 bridgehead atoms. The highest BCUT2D eigenvalue weighted by atomic mass is 35.5. The first-order chi connectivity index (χ1) is 16.4. The molecule has 2 aromatic rings. The molecule has 184 valence electrons. The van der Waals surface area contributed by atoms with Crippen LogP contribution in [0, 0.1) is 5.92 Å². The zero-order chi connectivity index (χ0) is 24.1. The van der Waals surface area contributed by atoms with Crippen molar-refractivity contribution < 1.29 is 14.3 Å². The van der Waals surface area contributed by atoms with E-state index in [-0.39, 0.29) is 30.4 Å². The second kappa shape index (κ2) is 11.2. The number of ether oxygens (including phenoxy) is 1. The lowest BCUT2D eigenvalue weighted by molar-refractivity contribution is -0.140. The summed E-state index contributed by atoms with van der Waals surface area (Å²) in [5.41, 5.74) is 0. The summed E-state index contributed by atoms with van der Waals surface area (Å²) in [4.78, 5) is 36.7. The molecule has 1 aromatic carbocycles. The number of hydrogen-bond donors (Lipinski definition) is 0. The average Bonchev–Trinajstić information content (AvgIpc) is 3.29. The van der Waals surface area contributed by atoms with E-state index < -0.39 is 0 Å². The molecule has 0 spiro atoms. The minimum atomic E-state index is -0.138. The molecule has 3 heterocycles. The number of carbonyl (C=O) groups is 2.